The van der Waals surface area contributed by atoms with Crippen LogP contribution in [0, 0.1) is 0 Å². The summed E-state index contributed by atoms with van der Waals surface area (Å²) in [5.41, 5.74) is 7.60. The van der Waals surface area contributed by atoms with Gasteiger partial charge in [0.25, 0.3) is 0 Å². The number of halogens is 1. The third-order valence-electron chi connectivity index (χ3n) is 3.61. The van der Waals surface area contributed by atoms with Crippen molar-refractivity contribution in [2.75, 3.05) is 25.0 Å². The van der Waals surface area contributed by atoms with Crippen LogP contribution in [0.3, 0.4) is 0 Å². The van der Waals surface area contributed by atoms with Crippen molar-refractivity contribution in [1.29, 1.82) is 0 Å². The highest BCUT2D eigenvalue weighted by atomic mass is 79.9. The fourth-order valence-electron chi connectivity index (χ4n) is 2.38. The molecule has 104 valence electrons. The van der Waals surface area contributed by atoms with Gasteiger partial charge in [-0.3, -0.25) is 4.90 Å². The fourth-order valence-corrected chi connectivity index (χ4v) is 3.03. The molecule has 2 rings (SSSR count). The summed E-state index contributed by atoms with van der Waals surface area (Å²) in [6.45, 7) is 5.68. The molecular formula is C14H20BrN3S. The van der Waals surface area contributed by atoms with Crippen LogP contribution in [0.5, 0.6) is 0 Å². The monoisotopic (exact) mass is 341 g/mol. The summed E-state index contributed by atoms with van der Waals surface area (Å²) >= 11 is 8.53. The van der Waals surface area contributed by atoms with Crippen LogP contribution >= 0.6 is 28.1 Å². The highest BCUT2D eigenvalue weighted by molar-refractivity contribution is 9.10. The SMILES string of the molecule is CC(CNc1ccc(C(N)=S)cc1Br)N1CCCC1. The first-order valence-electron chi connectivity index (χ1n) is 6.65. The van der Waals surface area contributed by atoms with Crippen LogP contribution in [-0.2, 0) is 0 Å². The largest absolute Gasteiger partial charge is 0.389 e. The van der Waals surface area contributed by atoms with E-state index in [1.807, 2.05) is 18.2 Å². The van der Waals surface area contributed by atoms with Gasteiger partial charge >= 0.3 is 0 Å². The van der Waals surface area contributed by atoms with Crippen molar-refractivity contribution in [3.63, 3.8) is 0 Å². The van der Waals surface area contributed by atoms with E-state index in [4.69, 9.17) is 18.0 Å². The zero-order valence-corrected chi connectivity index (χ0v) is 13.6. The number of benzene rings is 1. The van der Waals surface area contributed by atoms with Crippen LogP contribution in [0.25, 0.3) is 0 Å². The van der Waals surface area contributed by atoms with Crippen molar-refractivity contribution in [3.05, 3.63) is 28.2 Å². The van der Waals surface area contributed by atoms with Crippen molar-refractivity contribution < 1.29 is 0 Å². The van der Waals surface area contributed by atoms with Crippen molar-refractivity contribution in [2.24, 2.45) is 5.73 Å². The summed E-state index contributed by atoms with van der Waals surface area (Å²) in [6.07, 6.45) is 2.66. The standard InChI is InChI=1S/C14H20BrN3S/c1-10(18-6-2-3-7-18)9-17-13-5-4-11(14(16)19)8-12(13)15/h4-5,8,10,17H,2-3,6-7,9H2,1H3,(H2,16,19). The first-order valence-corrected chi connectivity index (χ1v) is 7.85. The lowest BCUT2D eigenvalue weighted by Crippen LogP contribution is -2.35. The highest BCUT2D eigenvalue weighted by Crippen LogP contribution is 2.24. The molecule has 1 aliphatic heterocycles. The second-order valence-corrected chi connectivity index (χ2v) is 6.33. The van der Waals surface area contributed by atoms with E-state index < -0.39 is 0 Å². The molecule has 0 radical (unpaired) electrons. The van der Waals surface area contributed by atoms with Gasteiger partial charge in [-0.15, -0.1) is 0 Å². The van der Waals surface area contributed by atoms with Gasteiger partial charge in [0.2, 0.25) is 0 Å². The van der Waals surface area contributed by atoms with E-state index in [1.165, 1.54) is 25.9 Å². The zero-order chi connectivity index (χ0) is 13.8. The van der Waals surface area contributed by atoms with Crippen LogP contribution in [0.4, 0.5) is 5.69 Å². The molecule has 5 heteroatoms. The Hall–Kier alpha value is -0.650. The van der Waals surface area contributed by atoms with E-state index in [0.717, 1.165) is 22.3 Å². The van der Waals surface area contributed by atoms with Gasteiger partial charge in [0.05, 0.1) is 0 Å². The minimum absolute atomic E-state index is 0.428. The van der Waals surface area contributed by atoms with Crippen LogP contribution in [-0.4, -0.2) is 35.6 Å². The number of likely N-dealkylation sites (tertiary alicyclic amines) is 1. The number of nitrogens with two attached hydrogens (primary N) is 1. The van der Waals surface area contributed by atoms with Gasteiger partial charge in [-0.25, -0.2) is 0 Å². The Morgan fingerprint density at radius 1 is 1.47 bits per heavy atom. The van der Waals surface area contributed by atoms with Crippen molar-refractivity contribution >= 4 is 38.8 Å². The number of thiocarbonyl (C=S) groups is 1. The quantitative estimate of drug-likeness (QED) is 0.808. The molecule has 1 aromatic carbocycles. The maximum Gasteiger partial charge on any atom is 0.104 e. The molecule has 1 saturated heterocycles. The lowest BCUT2D eigenvalue weighted by molar-refractivity contribution is 0.269. The molecule has 1 unspecified atom stereocenters. The van der Waals surface area contributed by atoms with Crippen molar-refractivity contribution in [2.45, 2.75) is 25.8 Å². The van der Waals surface area contributed by atoms with E-state index in [1.54, 1.807) is 0 Å². The molecular weight excluding hydrogens is 322 g/mol. The number of hydrogen-bond donors (Lipinski definition) is 2. The Labute approximate surface area is 128 Å². The predicted octanol–water partition coefficient (Wildman–Crippen LogP) is 2.98. The van der Waals surface area contributed by atoms with Crippen molar-refractivity contribution in [3.8, 4) is 0 Å². The Bertz CT molecular complexity index is 458. The molecule has 1 aliphatic rings. The predicted molar refractivity (Wildman–Crippen MR) is 88.8 cm³/mol. The van der Waals surface area contributed by atoms with E-state index in [0.29, 0.717) is 11.0 Å². The summed E-state index contributed by atoms with van der Waals surface area (Å²) in [4.78, 5) is 2.96. The first kappa shape index (κ1) is 14.8. The van der Waals surface area contributed by atoms with Gasteiger partial charge < -0.3 is 11.1 Å². The topological polar surface area (TPSA) is 41.3 Å². The molecule has 0 saturated carbocycles. The minimum atomic E-state index is 0.428. The summed E-state index contributed by atoms with van der Waals surface area (Å²) in [5, 5.41) is 3.48. The molecule has 0 aliphatic carbocycles. The Balaban J connectivity index is 1.93. The average molecular weight is 342 g/mol. The molecule has 1 heterocycles. The summed E-state index contributed by atoms with van der Waals surface area (Å²) in [7, 11) is 0. The molecule has 1 aromatic rings. The number of hydrogen-bond acceptors (Lipinski definition) is 3. The normalized spacial score (nSPS) is 17.4. The zero-order valence-electron chi connectivity index (χ0n) is 11.2. The molecule has 3 N–H and O–H groups in total. The smallest absolute Gasteiger partial charge is 0.104 e. The lowest BCUT2D eigenvalue weighted by atomic mass is 10.2. The average Bonchev–Trinajstić information content (AvgIpc) is 2.90. The highest BCUT2D eigenvalue weighted by Gasteiger charge is 2.17. The summed E-state index contributed by atoms with van der Waals surface area (Å²) in [5.74, 6) is 0. The molecule has 3 nitrogen and oxygen atoms in total. The van der Waals surface area contributed by atoms with Crippen LogP contribution in [0.1, 0.15) is 25.3 Å². The number of nitrogens with zero attached hydrogens (tertiary/aromatic N) is 1. The molecule has 1 atom stereocenters. The Morgan fingerprint density at radius 2 is 2.16 bits per heavy atom. The maximum atomic E-state index is 5.62. The molecule has 0 bridgehead atoms. The third-order valence-corrected chi connectivity index (χ3v) is 4.50. The lowest BCUT2D eigenvalue weighted by Gasteiger charge is -2.24. The molecule has 0 amide bonds. The molecule has 0 aromatic heterocycles. The van der Waals surface area contributed by atoms with Crippen LogP contribution in [0.2, 0.25) is 0 Å². The van der Waals surface area contributed by atoms with E-state index >= 15 is 0 Å². The number of nitrogens with one attached hydrogen (secondary N) is 1. The van der Waals surface area contributed by atoms with E-state index in [2.05, 4.69) is 33.1 Å². The maximum absolute atomic E-state index is 5.62. The van der Waals surface area contributed by atoms with Crippen LogP contribution < -0.4 is 11.1 Å². The second kappa shape index (κ2) is 6.68. The van der Waals surface area contributed by atoms with Crippen molar-refractivity contribution in [1.82, 2.24) is 4.90 Å². The minimum Gasteiger partial charge on any atom is -0.389 e. The van der Waals surface area contributed by atoms with Gasteiger partial charge in [-0.1, -0.05) is 12.2 Å². The van der Waals surface area contributed by atoms with E-state index in [9.17, 15) is 0 Å². The summed E-state index contributed by atoms with van der Waals surface area (Å²) < 4.78 is 1.01. The van der Waals surface area contributed by atoms with Gasteiger partial charge in [-0.05, 0) is 67.0 Å². The Morgan fingerprint density at radius 3 is 2.74 bits per heavy atom. The van der Waals surface area contributed by atoms with Gasteiger partial charge in [0, 0.05) is 28.3 Å². The van der Waals surface area contributed by atoms with Gasteiger partial charge in [0.15, 0.2) is 0 Å². The van der Waals surface area contributed by atoms with Gasteiger partial charge in [0.1, 0.15) is 4.99 Å². The van der Waals surface area contributed by atoms with Gasteiger partial charge in [-0.2, -0.15) is 0 Å². The Kier molecular flexibility index (Phi) is 5.19. The van der Waals surface area contributed by atoms with E-state index in [-0.39, 0.29) is 0 Å². The fraction of sp³-hybridized carbons (Fsp3) is 0.500. The second-order valence-electron chi connectivity index (χ2n) is 5.03. The molecule has 1 fully saturated rings. The third kappa shape index (κ3) is 3.91. The summed E-state index contributed by atoms with van der Waals surface area (Å²) in [6, 6.07) is 6.50. The number of rotatable bonds is 5. The van der Waals surface area contributed by atoms with Crippen LogP contribution in [0.15, 0.2) is 22.7 Å². The molecule has 0 spiro atoms. The number of anilines is 1. The first-order chi connectivity index (χ1) is 9.08. The molecule has 19 heavy (non-hydrogen) atoms.